The molecule has 0 aliphatic rings. The van der Waals surface area contributed by atoms with Gasteiger partial charge in [-0.25, -0.2) is 0 Å². The van der Waals surface area contributed by atoms with Crippen molar-refractivity contribution in [2.24, 2.45) is 12.8 Å². The Morgan fingerprint density at radius 3 is 2.93 bits per heavy atom. The van der Waals surface area contributed by atoms with E-state index in [2.05, 4.69) is 33.2 Å². The van der Waals surface area contributed by atoms with E-state index in [0.717, 1.165) is 16.3 Å². The lowest BCUT2D eigenvalue weighted by atomic mass is 10.0. The van der Waals surface area contributed by atoms with Crippen LogP contribution in [-0.4, -0.2) is 15.8 Å². The zero-order valence-electron chi connectivity index (χ0n) is 8.87. The third kappa shape index (κ3) is 2.06. The van der Waals surface area contributed by atoms with Crippen LogP contribution < -0.4 is 5.73 Å². The van der Waals surface area contributed by atoms with Gasteiger partial charge in [0.1, 0.15) is 0 Å². The van der Waals surface area contributed by atoms with E-state index in [1.54, 1.807) is 0 Å². The summed E-state index contributed by atoms with van der Waals surface area (Å²) in [6.07, 6.45) is 2.75. The van der Waals surface area contributed by atoms with Gasteiger partial charge in [0.2, 0.25) is 0 Å². The Labute approximate surface area is 97.4 Å². The summed E-state index contributed by atoms with van der Waals surface area (Å²) in [4.78, 5) is 0. The number of rotatable bonds is 2. The molecule has 0 spiro atoms. The Kier molecular flexibility index (Phi) is 2.80. The smallest absolute Gasteiger partial charge is 0.0712 e. The molecule has 80 valence electrons. The molecule has 2 aromatic rings. The van der Waals surface area contributed by atoms with Crippen molar-refractivity contribution in [1.29, 1.82) is 0 Å². The van der Waals surface area contributed by atoms with E-state index in [4.69, 9.17) is 5.73 Å². The highest BCUT2D eigenvalue weighted by Gasteiger charge is 2.09. The van der Waals surface area contributed by atoms with Crippen LogP contribution in [0.2, 0.25) is 0 Å². The molecule has 3 nitrogen and oxygen atoms in total. The fourth-order valence-electron chi connectivity index (χ4n) is 1.88. The topological polar surface area (TPSA) is 43.8 Å². The van der Waals surface area contributed by atoms with Gasteiger partial charge in [0.15, 0.2) is 0 Å². The summed E-state index contributed by atoms with van der Waals surface area (Å²) >= 11 is 3.50. The predicted molar refractivity (Wildman–Crippen MR) is 65.8 cm³/mol. The maximum atomic E-state index is 5.84. The second-order valence-corrected chi connectivity index (χ2v) is 4.87. The van der Waals surface area contributed by atoms with E-state index in [0.29, 0.717) is 0 Å². The molecule has 15 heavy (non-hydrogen) atoms. The van der Waals surface area contributed by atoms with Gasteiger partial charge in [-0.2, -0.15) is 5.10 Å². The first-order chi connectivity index (χ1) is 7.08. The normalized spacial score (nSPS) is 13.3. The van der Waals surface area contributed by atoms with Crippen LogP contribution in [-0.2, 0) is 13.5 Å². The maximum Gasteiger partial charge on any atom is 0.0712 e. The number of aryl methyl sites for hydroxylation is 1. The highest BCUT2D eigenvalue weighted by atomic mass is 79.9. The lowest BCUT2D eigenvalue weighted by Crippen LogP contribution is -2.18. The zero-order valence-corrected chi connectivity index (χ0v) is 10.5. The minimum absolute atomic E-state index is 0.164. The Morgan fingerprint density at radius 1 is 1.53 bits per heavy atom. The van der Waals surface area contributed by atoms with Crippen molar-refractivity contribution in [3.8, 4) is 0 Å². The minimum atomic E-state index is 0.164. The van der Waals surface area contributed by atoms with Gasteiger partial charge >= 0.3 is 0 Å². The van der Waals surface area contributed by atoms with E-state index in [-0.39, 0.29) is 6.04 Å². The molecule has 2 N–H and O–H groups in total. The summed E-state index contributed by atoms with van der Waals surface area (Å²) in [6, 6.07) is 4.36. The fourth-order valence-corrected chi connectivity index (χ4v) is 2.40. The van der Waals surface area contributed by atoms with Crippen LogP contribution in [0.3, 0.4) is 0 Å². The van der Waals surface area contributed by atoms with Gasteiger partial charge in [-0.15, -0.1) is 0 Å². The van der Waals surface area contributed by atoms with E-state index in [1.165, 1.54) is 11.1 Å². The van der Waals surface area contributed by atoms with Crippen molar-refractivity contribution >= 4 is 26.8 Å². The van der Waals surface area contributed by atoms with Crippen molar-refractivity contribution in [3.63, 3.8) is 0 Å². The van der Waals surface area contributed by atoms with Crippen molar-refractivity contribution in [2.45, 2.75) is 19.4 Å². The van der Waals surface area contributed by atoms with Crippen molar-refractivity contribution in [2.75, 3.05) is 0 Å². The van der Waals surface area contributed by atoms with Gasteiger partial charge in [-0.3, -0.25) is 4.68 Å². The zero-order chi connectivity index (χ0) is 11.0. The standard InChI is InChI=1S/C11H14BrN3/c1-7(13)3-8-4-10(12)5-9-6-14-15(2)11(8)9/h4-7H,3,13H2,1-2H3. The summed E-state index contributed by atoms with van der Waals surface area (Å²) in [5.41, 5.74) is 8.26. The second kappa shape index (κ2) is 3.94. The van der Waals surface area contributed by atoms with Gasteiger partial charge in [0, 0.05) is 22.9 Å². The number of halogens is 1. The molecule has 1 aromatic carbocycles. The molecular formula is C11H14BrN3. The van der Waals surface area contributed by atoms with Crippen LogP contribution in [0.4, 0.5) is 0 Å². The van der Waals surface area contributed by atoms with E-state index in [9.17, 15) is 0 Å². The van der Waals surface area contributed by atoms with Crippen LogP contribution in [0.25, 0.3) is 10.9 Å². The molecule has 0 aliphatic carbocycles. The minimum Gasteiger partial charge on any atom is -0.328 e. The SMILES string of the molecule is CC(N)Cc1cc(Br)cc2cnn(C)c12. The molecule has 1 aromatic heterocycles. The number of hydrogen-bond donors (Lipinski definition) is 1. The molecule has 0 saturated carbocycles. The molecule has 0 fully saturated rings. The molecule has 1 heterocycles. The second-order valence-electron chi connectivity index (χ2n) is 3.95. The fraction of sp³-hybridized carbons (Fsp3) is 0.364. The van der Waals surface area contributed by atoms with E-state index < -0.39 is 0 Å². The average molecular weight is 268 g/mol. The van der Waals surface area contributed by atoms with Crippen LogP contribution in [0.15, 0.2) is 22.8 Å². The summed E-state index contributed by atoms with van der Waals surface area (Å²) < 4.78 is 2.98. The van der Waals surface area contributed by atoms with Gasteiger partial charge in [0.05, 0.1) is 11.7 Å². The first kappa shape index (κ1) is 10.6. The largest absolute Gasteiger partial charge is 0.328 e. The summed E-state index contributed by atoms with van der Waals surface area (Å²) in [5, 5.41) is 5.41. The summed E-state index contributed by atoms with van der Waals surface area (Å²) in [5.74, 6) is 0. The quantitative estimate of drug-likeness (QED) is 0.907. The molecule has 4 heteroatoms. The Balaban J connectivity index is 2.63. The lowest BCUT2D eigenvalue weighted by Gasteiger charge is -2.08. The number of benzene rings is 1. The van der Waals surface area contributed by atoms with Gasteiger partial charge < -0.3 is 5.73 Å². The third-order valence-electron chi connectivity index (χ3n) is 2.42. The molecule has 2 rings (SSSR count). The van der Waals surface area contributed by atoms with E-state index in [1.807, 2.05) is 24.9 Å². The summed E-state index contributed by atoms with van der Waals surface area (Å²) in [6.45, 7) is 2.02. The average Bonchev–Trinajstić information content (AvgIpc) is 2.46. The van der Waals surface area contributed by atoms with Crippen molar-refractivity contribution in [3.05, 3.63) is 28.4 Å². The van der Waals surface area contributed by atoms with Gasteiger partial charge in [0.25, 0.3) is 0 Å². The predicted octanol–water partition coefficient (Wildman–Crippen LogP) is 2.23. The molecule has 1 atom stereocenters. The number of nitrogens with two attached hydrogens (primary N) is 1. The van der Waals surface area contributed by atoms with Crippen LogP contribution in [0.5, 0.6) is 0 Å². The summed E-state index contributed by atoms with van der Waals surface area (Å²) in [7, 11) is 1.96. The number of hydrogen-bond acceptors (Lipinski definition) is 2. The molecular weight excluding hydrogens is 254 g/mol. The Bertz CT molecular complexity index is 488. The number of aromatic nitrogens is 2. The monoisotopic (exact) mass is 267 g/mol. The van der Waals surface area contributed by atoms with Crippen LogP contribution in [0.1, 0.15) is 12.5 Å². The lowest BCUT2D eigenvalue weighted by molar-refractivity contribution is 0.730. The van der Waals surface area contributed by atoms with Crippen molar-refractivity contribution in [1.82, 2.24) is 9.78 Å². The first-order valence-electron chi connectivity index (χ1n) is 4.93. The molecule has 0 radical (unpaired) electrons. The van der Waals surface area contributed by atoms with E-state index >= 15 is 0 Å². The highest BCUT2D eigenvalue weighted by molar-refractivity contribution is 9.10. The van der Waals surface area contributed by atoms with Crippen LogP contribution >= 0.6 is 15.9 Å². The van der Waals surface area contributed by atoms with Crippen molar-refractivity contribution < 1.29 is 0 Å². The molecule has 0 bridgehead atoms. The third-order valence-corrected chi connectivity index (χ3v) is 2.88. The molecule has 0 saturated heterocycles. The van der Waals surface area contributed by atoms with Gasteiger partial charge in [-0.1, -0.05) is 15.9 Å². The molecule has 0 aliphatic heterocycles. The van der Waals surface area contributed by atoms with Gasteiger partial charge in [-0.05, 0) is 31.0 Å². The maximum absolute atomic E-state index is 5.84. The highest BCUT2D eigenvalue weighted by Crippen LogP contribution is 2.24. The molecule has 1 unspecified atom stereocenters. The van der Waals surface area contributed by atoms with Crippen LogP contribution in [0, 0.1) is 0 Å². The first-order valence-corrected chi connectivity index (χ1v) is 5.73. The Hall–Kier alpha value is -0.870. The number of nitrogens with zero attached hydrogens (tertiary/aromatic N) is 2. The Morgan fingerprint density at radius 2 is 2.27 bits per heavy atom. The molecule has 0 amide bonds. The number of fused-ring (bicyclic) bond motifs is 1.